The summed E-state index contributed by atoms with van der Waals surface area (Å²) in [4.78, 5) is 0.829. The monoisotopic (exact) mass is 274 g/mol. The molecular weight excluding hydrogens is 260 g/mol. The van der Waals surface area contributed by atoms with Crippen LogP contribution in [0.15, 0.2) is 30.3 Å². The molecule has 6 heteroatoms. The Kier molecular flexibility index (Phi) is 3.52. The Hall–Kier alpha value is -1.79. The highest BCUT2D eigenvalue weighted by Crippen LogP contribution is 2.16. The highest BCUT2D eigenvalue weighted by atomic mass is 32.1. The van der Waals surface area contributed by atoms with Gasteiger partial charge < -0.3 is 4.74 Å². The van der Waals surface area contributed by atoms with Crippen molar-refractivity contribution in [3.8, 4) is 0 Å². The van der Waals surface area contributed by atoms with Crippen LogP contribution in [0.3, 0.4) is 0 Å². The third-order valence-corrected chi connectivity index (χ3v) is 3.80. The average molecular weight is 274 g/mol. The summed E-state index contributed by atoms with van der Waals surface area (Å²) in [6.07, 6.45) is 1.91. The van der Waals surface area contributed by atoms with E-state index in [1.165, 1.54) is 5.56 Å². The number of methoxy groups -OCH3 is 1. The number of hydrogen-bond donors (Lipinski definition) is 0. The van der Waals surface area contributed by atoms with Crippen molar-refractivity contribution in [1.82, 2.24) is 19.8 Å². The molecule has 2 aromatic heterocycles. The van der Waals surface area contributed by atoms with Gasteiger partial charge in [0.25, 0.3) is 0 Å². The highest BCUT2D eigenvalue weighted by Gasteiger charge is 2.11. The second-order valence-corrected chi connectivity index (χ2v) is 5.27. The van der Waals surface area contributed by atoms with Crippen molar-refractivity contribution >= 4 is 16.3 Å². The number of rotatable bonds is 5. The zero-order chi connectivity index (χ0) is 13.1. The van der Waals surface area contributed by atoms with Gasteiger partial charge in [0.1, 0.15) is 11.6 Å². The summed E-state index contributed by atoms with van der Waals surface area (Å²) in [5, 5.41) is 13.8. The summed E-state index contributed by atoms with van der Waals surface area (Å²) in [7, 11) is 1.64. The molecule has 0 radical (unpaired) electrons. The van der Waals surface area contributed by atoms with E-state index in [4.69, 9.17) is 4.74 Å². The second kappa shape index (κ2) is 5.46. The first-order valence-corrected chi connectivity index (χ1v) is 6.91. The molecule has 0 aliphatic heterocycles. The summed E-state index contributed by atoms with van der Waals surface area (Å²) < 4.78 is 6.85. The topological polar surface area (TPSA) is 52.3 Å². The first-order chi connectivity index (χ1) is 9.36. The van der Waals surface area contributed by atoms with Gasteiger partial charge in [-0.2, -0.15) is 9.61 Å². The van der Waals surface area contributed by atoms with Crippen molar-refractivity contribution in [2.45, 2.75) is 19.4 Å². The molecule has 19 heavy (non-hydrogen) atoms. The molecule has 0 saturated carbocycles. The van der Waals surface area contributed by atoms with Gasteiger partial charge in [0.15, 0.2) is 5.82 Å². The Morgan fingerprint density at radius 2 is 2.00 bits per heavy atom. The smallest absolute Gasteiger partial charge is 0.234 e. The van der Waals surface area contributed by atoms with Gasteiger partial charge in [0.2, 0.25) is 4.96 Å². The number of aryl methyl sites for hydroxylation is 2. The summed E-state index contributed by atoms with van der Waals surface area (Å²) >= 11 is 1.59. The van der Waals surface area contributed by atoms with E-state index in [-0.39, 0.29) is 0 Å². The van der Waals surface area contributed by atoms with Crippen molar-refractivity contribution in [2.75, 3.05) is 7.11 Å². The molecule has 0 aliphatic rings. The molecule has 0 spiro atoms. The molecule has 0 atom stereocenters. The van der Waals surface area contributed by atoms with Crippen molar-refractivity contribution in [2.24, 2.45) is 0 Å². The lowest BCUT2D eigenvalue weighted by molar-refractivity contribution is 0.176. The van der Waals surface area contributed by atoms with Crippen LogP contribution < -0.4 is 0 Å². The predicted octanol–water partition coefficient (Wildman–Crippen LogP) is 2.12. The third kappa shape index (κ3) is 2.64. The molecule has 0 amide bonds. The van der Waals surface area contributed by atoms with Crippen LogP contribution in [-0.4, -0.2) is 26.9 Å². The first kappa shape index (κ1) is 12.3. The molecular formula is C13H14N4OS. The summed E-state index contributed by atoms with van der Waals surface area (Å²) in [6, 6.07) is 10.4. The fourth-order valence-corrected chi connectivity index (χ4v) is 2.76. The Morgan fingerprint density at radius 3 is 2.79 bits per heavy atom. The van der Waals surface area contributed by atoms with Crippen LogP contribution >= 0.6 is 11.3 Å². The molecule has 3 aromatic rings. The fourth-order valence-electron chi connectivity index (χ4n) is 1.91. The molecule has 0 saturated heterocycles. The quantitative estimate of drug-likeness (QED) is 0.715. The van der Waals surface area contributed by atoms with Gasteiger partial charge in [0, 0.05) is 13.5 Å². The van der Waals surface area contributed by atoms with Gasteiger partial charge in [-0.25, -0.2) is 0 Å². The molecule has 5 nitrogen and oxygen atoms in total. The normalized spacial score (nSPS) is 11.2. The van der Waals surface area contributed by atoms with Crippen LogP contribution in [0.1, 0.15) is 16.4 Å². The van der Waals surface area contributed by atoms with E-state index in [2.05, 4.69) is 39.6 Å². The Labute approximate surface area is 114 Å². The van der Waals surface area contributed by atoms with E-state index >= 15 is 0 Å². The van der Waals surface area contributed by atoms with Gasteiger partial charge in [-0.3, -0.25) is 0 Å². The van der Waals surface area contributed by atoms with E-state index in [0.29, 0.717) is 6.61 Å². The summed E-state index contributed by atoms with van der Waals surface area (Å²) in [5.74, 6) is 0.750. The summed E-state index contributed by atoms with van der Waals surface area (Å²) in [6.45, 7) is 0.434. The van der Waals surface area contributed by atoms with Gasteiger partial charge in [0.05, 0.1) is 0 Å². The lowest BCUT2D eigenvalue weighted by Gasteiger charge is -1.97. The minimum absolute atomic E-state index is 0.434. The molecule has 0 N–H and O–H groups in total. The number of benzene rings is 1. The second-order valence-electron chi connectivity index (χ2n) is 4.23. The van der Waals surface area contributed by atoms with Crippen LogP contribution in [0, 0.1) is 0 Å². The molecule has 0 unspecified atom stereocenters. The van der Waals surface area contributed by atoms with E-state index in [1.807, 2.05) is 6.07 Å². The van der Waals surface area contributed by atoms with E-state index in [9.17, 15) is 0 Å². The van der Waals surface area contributed by atoms with E-state index in [0.717, 1.165) is 28.6 Å². The largest absolute Gasteiger partial charge is 0.377 e. The predicted molar refractivity (Wildman–Crippen MR) is 73.2 cm³/mol. The Balaban J connectivity index is 1.75. The molecule has 0 fully saturated rings. The van der Waals surface area contributed by atoms with Gasteiger partial charge in [-0.1, -0.05) is 41.7 Å². The lowest BCUT2D eigenvalue weighted by Crippen LogP contribution is -1.99. The van der Waals surface area contributed by atoms with Crippen molar-refractivity contribution in [1.29, 1.82) is 0 Å². The maximum Gasteiger partial charge on any atom is 0.234 e. The molecule has 98 valence electrons. The standard InChI is InChI=1S/C13H14N4OS/c1-18-9-11-14-15-13-17(11)16-12(19-13)8-7-10-5-3-2-4-6-10/h2-6H,7-9H2,1H3. The third-order valence-electron chi connectivity index (χ3n) is 2.84. The molecule has 2 heterocycles. The van der Waals surface area contributed by atoms with Crippen LogP contribution in [0.4, 0.5) is 0 Å². The summed E-state index contributed by atoms with van der Waals surface area (Å²) in [5.41, 5.74) is 1.32. The van der Waals surface area contributed by atoms with Gasteiger partial charge >= 0.3 is 0 Å². The fraction of sp³-hybridized carbons (Fsp3) is 0.308. The number of nitrogens with zero attached hydrogens (tertiary/aromatic N) is 4. The minimum Gasteiger partial charge on any atom is -0.377 e. The van der Waals surface area contributed by atoms with E-state index in [1.54, 1.807) is 23.0 Å². The van der Waals surface area contributed by atoms with Crippen molar-refractivity contribution in [3.05, 3.63) is 46.7 Å². The molecule has 0 bridgehead atoms. The Morgan fingerprint density at radius 1 is 1.16 bits per heavy atom. The van der Waals surface area contributed by atoms with Gasteiger partial charge in [-0.15, -0.1) is 10.2 Å². The minimum atomic E-state index is 0.434. The maximum atomic E-state index is 5.07. The number of fused-ring (bicyclic) bond motifs is 1. The number of aromatic nitrogens is 4. The van der Waals surface area contributed by atoms with Crippen molar-refractivity contribution in [3.63, 3.8) is 0 Å². The lowest BCUT2D eigenvalue weighted by atomic mass is 10.1. The number of hydrogen-bond acceptors (Lipinski definition) is 5. The van der Waals surface area contributed by atoms with Crippen LogP contribution in [0.5, 0.6) is 0 Å². The highest BCUT2D eigenvalue weighted by molar-refractivity contribution is 7.16. The Bertz CT molecular complexity index is 662. The first-order valence-electron chi connectivity index (χ1n) is 6.09. The van der Waals surface area contributed by atoms with Gasteiger partial charge in [-0.05, 0) is 12.0 Å². The van der Waals surface area contributed by atoms with Crippen molar-refractivity contribution < 1.29 is 4.74 Å². The zero-order valence-electron chi connectivity index (χ0n) is 10.6. The average Bonchev–Trinajstić information content (AvgIpc) is 3.00. The SMILES string of the molecule is COCc1nnc2sc(CCc3ccccc3)nn12. The number of ether oxygens (including phenoxy) is 1. The van der Waals surface area contributed by atoms with E-state index < -0.39 is 0 Å². The molecule has 0 aliphatic carbocycles. The van der Waals surface area contributed by atoms with Crippen LogP contribution in [0.25, 0.3) is 4.96 Å². The molecule has 3 rings (SSSR count). The molecule has 1 aromatic carbocycles. The van der Waals surface area contributed by atoms with Crippen LogP contribution in [0.2, 0.25) is 0 Å². The maximum absolute atomic E-state index is 5.07. The van der Waals surface area contributed by atoms with Crippen LogP contribution in [-0.2, 0) is 24.2 Å². The zero-order valence-corrected chi connectivity index (χ0v) is 11.4.